The molecule has 146 valence electrons. The average molecular weight is 393 g/mol. The van der Waals surface area contributed by atoms with Crippen LogP contribution in [0.25, 0.3) is 0 Å². The van der Waals surface area contributed by atoms with Crippen LogP contribution < -0.4 is 10.0 Å². The largest absolute Gasteiger partial charge is 0.506 e. The fourth-order valence-corrected chi connectivity index (χ4v) is 4.50. The van der Waals surface area contributed by atoms with Crippen molar-refractivity contribution in [3.05, 3.63) is 41.2 Å². The van der Waals surface area contributed by atoms with Crippen molar-refractivity contribution in [1.29, 1.82) is 0 Å². The monoisotopic (exact) mass is 393 g/mol. The van der Waals surface area contributed by atoms with Crippen molar-refractivity contribution >= 4 is 21.8 Å². The number of aromatic hydroxyl groups is 1. The number of aromatic nitrogens is 2. The first kappa shape index (κ1) is 19.3. The number of anilines is 1. The Labute approximate surface area is 158 Å². The maximum atomic E-state index is 12.8. The van der Waals surface area contributed by atoms with Crippen LogP contribution >= 0.6 is 0 Å². The number of aryl methyl sites for hydroxylation is 3. The number of nitrogens with zero attached hydrogens (tertiary/aromatic N) is 3. The Bertz CT molecular complexity index is 985. The van der Waals surface area contributed by atoms with Gasteiger partial charge in [0, 0.05) is 25.9 Å². The third kappa shape index (κ3) is 3.82. The van der Waals surface area contributed by atoms with Gasteiger partial charge in [0.2, 0.25) is 5.91 Å². The lowest BCUT2D eigenvalue weighted by atomic mass is 10.00. The minimum atomic E-state index is -3.85. The first-order chi connectivity index (χ1) is 12.6. The molecule has 3 N–H and O–H groups in total. The van der Waals surface area contributed by atoms with Gasteiger partial charge in [0.1, 0.15) is 11.8 Å². The Kier molecular flexibility index (Phi) is 4.98. The quantitative estimate of drug-likeness (QED) is 0.672. The number of phenols is 1. The van der Waals surface area contributed by atoms with E-state index in [9.17, 15) is 18.3 Å². The van der Waals surface area contributed by atoms with E-state index in [0.717, 1.165) is 15.4 Å². The molecule has 3 rings (SSSR count). The number of carbonyl (C=O) groups is 1. The minimum absolute atomic E-state index is 0.0759. The Morgan fingerprint density at radius 1 is 1.33 bits per heavy atom. The number of likely N-dealkylation sites (N-methyl/N-ethyl adjacent to an activating group) is 1. The molecule has 1 aromatic heterocycles. The topological polar surface area (TPSA) is 117 Å². The van der Waals surface area contributed by atoms with Gasteiger partial charge in [-0.05, 0) is 38.0 Å². The van der Waals surface area contributed by atoms with Gasteiger partial charge in [-0.15, -0.1) is 0 Å². The van der Waals surface area contributed by atoms with E-state index in [-0.39, 0.29) is 17.9 Å². The van der Waals surface area contributed by atoms with Crippen LogP contribution in [0.15, 0.2) is 24.4 Å². The van der Waals surface area contributed by atoms with Gasteiger partial charge in [0.25, 0.3) is 10.2 Å². The maximum absolute atomic E-state index is 12.8. The zero-order valence-electron chi connectivity index (χ0n) is 15.6. The third-order valence-corrected chi connectivity index (χ3v) is 6.30. The van der Waals surface area contributed by atoms with Crippen LogP contribution in [-0.4, -0.2) is 46.6 Å². The van der Waals surface area contributed by atoms with Gasteiger partial charge < -0.3 is 10.4 Å². The Hall–Kier alpha value is -2.43. The molecule has 1 saturated heterocycles. The number of benzene rings is 1. The zero-order valence-corrected chi connectivity index (χ0v) is 16.4. The van der Waals surface area contributed by atoms with Crippen LogP contribution in [0.2, 0.25) is 0 Å². The summed E-state index contributed by atoms with van der Waals surface area (Å²) in [4.78, 5) is 12.8. The van der Waals surface area contributed by atoms with Crippen molar-refractivity contribution in [3.8, 4) is 5.75 Å². The van der Waals surface area contributed by atoms with Crippen molar-refractivity contribution in [2.75, 3.05) is 12.4 Å². The molecule has 9 nitrogen and oxygen atoms in total. The predicted molar refractivity (Wildman–Crippen MR) is 100 cm³/mol. The van der Waals surface area contributed by atoms with Gasteiger partial charge in [-0.1, -0.05) is 6.07 Å². The molecule has 1 amide bonds. The predicted octanol–water partition coefficient (Wildman–Crippen LogP) is 0.961. The fraction of sp³-hybridized carbons (Fsp3) is 0.412. The highest BCUT2D eigenvalue weighted by atomic mass is 32.2. The van der Waals surface area contributed by atoms with E-state index >= 15 is 0 Å². The summed E-state index contributed by atoms with van der Waals surface area (Å²) in [5.41, 5.74) is 2.53. The normalized spacial score (nSPS) is 22.5. The van der Waals surface area contributed by atoms with Crippen molar-refractivity contribution in [2.45, 2.75) is 32.4 Å². The molecular formula is C17H23N5O4S. The third-order valence-electron chi connectivity index (χ3n) is 4.71. The van der Waals surface area contributed by atoms with E-state index in [1.807, 2.05) is 6.92 Å². The number of phenolic OH excluding ortho intramolecular Hbond substituents is 1. The molecule has 2 aromatic rings. The summed E-state index contributed by atoms with van der Waals surface area (Å²) >= 11 is 0. The fourth-order valence-electron chi connectivity index (χ4n) is 3.24. The van der Waals surface area contributed by atoms with Crippen LogP contribution in [0.5, 0.6) is 5.75 Å². The highest BCUT2D eigenvalue weighted by molar-refractivity contribution is 7.87. The van der Waals surface area contributed by atoms with Gasteiger partial charge in [-0.25, -0.2) is 0 Å². The summed E-state index contributed by atoms with van der Waals surface area (Å²) in [6.45, 7) is 3.62. The molecule has 0 aliphatic carbocycles. The molecular weight excluding hydrogens is 370 g/mol. The summed E-state index contributed by atoms with van der Waals surface area (Å²) in [7, 11) is -0.737. The first-order valence-corrected chi connectivity index (χ1v) is 9.88. The van der Waals surface area contributed by atoms with E-state index in [1.165, 1.54) is 13.1 Å². The Morgan fingerprint density at radius 3 is 2.67 bits per heavy atom. The molecule has 0 saturated carbocycles. The highest BCUT2D eigenvalue weighted by Crippen LogP contribution is 2.31. The lowest BCUT2D eigenvalue weighted by molar-refractivity contribution is -0.120. The molecule has 0 spiro atoms. The summed E-state index contributed by atoms with van der Waals surface area (Å²) in [5, 5.41) is 16.8. The van der Waals surface area contributed by atoms with Crippen LogP contribution in [-0.2, 0) is 22.1 Å². The number of nitrogens with one attached hydrogen (secondary N) is 2. The van der Waals surface area contributed by atoms with Gasteiger partial charge >= 0.3 is 0 Å². The van der Waals surface area contributed by atoms with Gasteiger partial charge in [0.05, 0.1) is 17.4 Å². The number of amides is 1. The molecule has 1 aliphatic rings. The molecule has 10 heteroatoms. The van der Waals surface area contributed by atoms with Crippen molar-refractivity contribution in [2.24, 2.45) is 7.05 Å². The molecule has 0 radical (unpaired) electrons. The Morgan fingerprint density at radius 2 is 2.04 bits per heavy atom. The van der Waals surface area contributed by atoms with Gasteiger partial charge in [-0.2, -0.15) is 22.5 Å². The first-order valence-electron chi connectivity index (χ1n) is 8.44. The SMILES string of the molecule is Cc1ccc(O)c(NC(=O)[C@H]2C[C@@H](c3cn(C)nc3C)NS(=O)(=O)N2C)c1. The van der Waals surface area contributed by atoms with Gasteiger partial charge in [-0.3, -0.25) is 9.48 Å². The zero-order chi connectivity index (χ0) is 19.9. The number of rotatable bonds is 3. The standard InChI is InChI=1S/C17H23N5O4S/c1-10-5-6-16(23)14(7-10)18-17(24)15-8-13(20-27(25,26)22(15)4)12-9-21(3)19-11(12)2/h5-7,9,13,15,20,23H,8H2,1-4H3,(H,18,24)/t13-,15+/m0/s1. The highest BCUT2D eigenvalue weighted by Gasteiger charge is 2.41. The van der Waals surface area contributed by atoms with Crippen LogP contribution in [0.4, 0.5) is 5.69 Å². The van der Waals surface area contributed by atoms with Gasteiger partial charge in [0.15, 0.2) is 0 Å². The molecule has 1 aromatic carbocycles. The smallest absolute Gasteiger partial charge is 0.280 e. The summed E-state index contributed by atoms with van der Waals surface area (Å²) < 4.78 is 30.3. The van der Waals surface area contributed by atoms with Crippen molar-refractivity contribution in [3.63, 3.8) is 0 Å². The summed E-state index contributed by atoms with van der Waals surface area (Å²) in [6, 6.07) is 3.33. The number of carbonyl (C=O) groups excluding carboxylic acids is 1. The lowest BCUT2D eigenvalue weighted by Gasteiger charge is -2.36. The van der Waals surface area contributed by atoms with Crippen molar-refractivity contribution < 1.29 is 18.3 Å². The van der Waals surface area contributed by atoms with Crippen LogP contribution in [0.1, 0.15) is 29.3 Å². The second-order valence-corrected chi connectivity index (χ2v) is 8.56. The molecule has 27 heavy (non-hydrogen) atoms. The van der Waals surface area contributed by atoms with E-state index < -0.39 is 28.2 Å². The average Bonchev–Trinajstić information content (AvgIpc) is 2.91. The maximum Gasteiger partial charge on any atom is 0.280 e. The summed E-state index contributed by atoms with van der Waals surface area (Å²) in [6.07, 6.45) is 1.98. The molecule has 1 fully saturated rings. The van der Waals surface area contributed by atoms with Crippen molar-refractivity contribution in [1.82, 2.24) is 18.8 Å². The number of hydrogen-bond donors (Lipinski definition) is 3. The second kappa shape index (κ2) is 6.95. The van der Waals surface area contributed by atoms with E-state index in [1.54, 1.807) is 37.0 Å². The lowest BCUT2D eigenvalue weighted by Crippen LogP contribution is -2.56. The van der Waals surface area contributed by atoms with Crippen LogP contribution in [0.3, 0.4) is 0 Å². The molecule has 1 aliphatic heterocycles. The molecule has 0 unspecified atom stereocenters. The second-order valence-electron chi connectivity index (χ2n) is 6.80. The summed E-state index contributed by atoms with van der Waals surface area (Å²) in [5.74, 6) is -0.580. The number of hydrogen-bond acceptors (Lipinski definition) is 5. The Balaban J connectivity index is 1.89. The molecule has 2 atom stereocenters. The minimum Gasteiger partial charge on any atom is -0.506 e. The molecule has 0 bridgehead atoms. The van der Waals surface area contributed by atoms with Crippen LogP contribution in [0, 0.1) is 13.8 Å². The van der Waals surface area contributed by atoms with E-state index in [2.05, 4.69) is 15.1 Å². The van der Waals surface area contributed by atoms with E-state index in [4.69, 9.17) is 0 Å². The molecule has 2 heterocycles. The van der Waals surface area contributed by atoms with E-state index in [0.29, 0.717) is 5.69 Å².